The van der Waals surface area contributed by atoms with Gasteiger partial charge in [0.15, 0.2) is 5.96 Å². The summed E-state index contributed by atoms with van der Waals surface area (Å²) in [6.45, 7) is 12.5. The maximum atomic E-state index is 4.33. The lowest BCUT2D eigenvalue weighted by atomic mass is 10.1. The Morgan fingerprint density at radius 1 is 1.17 bits per heavy atom. The number of nitrogens with one attached hydrogen (secondary N) is 2. The summed E-state index contributed by atoms with van der Waals surface area (Å²) in [5, 5.41) is 6.76. The number of aromatic nitrogens is 2. The first-order chi connectivity index (χ1) is 11.5. The van der Waals surface area contributed by atoms with Crippen LogP contribution in [-0.2, 0) is 0 Å². The van der Waals surface area contributed by atoms with Gasteiger partial charge in [-0.25, -0.2) is 9.97 Å². The molecular formula is C17H31N7. The Bertz CT molecular complexity index is 501. The normalized spacial score (nSPS) is 17.0. The van der Waals surface area contributed by atoms with Gasteiger partial charge in [-0.05, 0) is 39.8 Å². The molecule has 0 atom stereocenters. The molecule has 0 aliphatic carbocycles. The van der Waals surface area contributed by atoms with Crippen molar-refractivity contribution in [2.24, 2.45) is 4.99 Å². The Hall–Kier alpha value is -1.89. The molecule has 2 rings (SSSR count). The molecule has 1 fully saturated rings. The van der Waals surface area contributed by atoms with Crippen molar-refractivity contribution in [1.82, 2.24) is 25.5 Å². The van der Waals surface area contributed by atoms with E-state index in [0.29, 0.717) is 0 Å². The number of guanidine groups is 1. The van der Waals surface area contributed by atoms with Crippen molar-refractivity contribution < 1.29 is 0 Å². The molecular weight excluding hydrogens is 302 g/mol. The van der Waals surface area contributed by atoms with Crippen LogP contribution in [0.25, 0.3) is 0 Å². The summed E-state index contributed by atoms with van der Waals surface area (Å²) in [5.41, 5.74) is 0.0255. The average Bonchev–Trinajstić information content (AvgIpc) is 2.58. The van der Waals surface area contributed by atoms with E-state index in [-0.39, 0.29) is 5.54 Å². The van der Waals surface area contributed by atoms with E-state index in [1.54, 1.807) is 12.4 Å². The van der Waals surface area contributed by atoms with Crippen LogP contribution in [0.15, 0.2) is 23.5 Å². The molecule has 134 valence electrons. The molecule has 0 radical (unpaired) electrons. The van der Waals surface area contributed by atoms with Crippen LogP contribution in [0.1, 0.15) is 27.2 Å². The number of hydrogen-bond acceptors (Lipinski definition) is 5. The van der Waals surface area contributed by atoms with Crippen LogP contribution in [0.2, 0.25) is 0 Å². The summed E-state index contributed by atoms with van der Waals surface area (Å²) in [4.78, 5) is 17.7. The molecule has 7 heteroatoms. The van der Waals surface area contributed by atoms with Crippen molar-refractivity contribution in [3.05, 3.63) is 18.5 Å². The van der Waals surface area contributed by atoms with Crippen molar-refractivity contribution in [3.8, 4) is 0 Å². The van der Waals surface area contributed by atoms with Gasteiger partial charge in [-0.2, -0.15) is 0 Å². The highest BCUT2D eigenvalue weighted by atomic mass is 15.3. The molecule has 7 nitrogen and oxygen atoms in total. The quantitative estimate of drug-likeness (QED) is 0.475. The maximum Gasteiger partial charge on any atom is 0.225 e. The van der Waals surface area contributed by atoms with Gasteiger partial charge in [-0.15, -0.1) is 0 Å². The molecule has 2 heterocycles. The maximum absolute atomic E-state index is 4.33. The number of aliphatic imine (C=N–C) groups is 1. The first-order valence-corrected chi connectivity index (χ1v) is 8.71. The Balaban J connectivity index is 1.63. The molecule has 24 heavy (non-hydrogen) atoms. The number of rotatable bonds is 5. The van der Waals surface area contributed by atoms with E-state index in [1.807, 2.05) is 13.1 Å². The van der Waals surface area contributed by atoms with Crippen LogP contribution < -0.4 is 15.5 Å². The molecule has 0 aromatic carbocycles. The summed E-state index contributed by atoms with van der Waals surface area (Å²) in [7, 11) is 1.81. The van der Waals surface area contributed by atoms with E-state index in [0.717, 1.165) is 57.6 Å². The van der Waals surface area contributed by atoms with Crippen LogP contribution in [-0.4, -0.2) is 72.7 Å². The Morgan fingerprint density at radius 3 is 2.42 bits per heavy atom. The minimum absolute atomic E-state index is 0.0255. The van der Waals surface area contributed by atoms with E-state index in [2.05, 4.69) is 56.2 Å². The summed E-state index contributed by atoms with van der Waals surface area (Å²) in [6, 6.07) is 1.86. The minimum Gasteiger partial charge on any atom is -0.356 e. The number of anilines is 1. The fourth-order valence-electron chi connectivity index (χ4n) is 2.67. The highest BCUT2D eigenvalue weighted by Crippen LogP contribution is 2.09. The zero-order valence-electron chi connectivity index (χ0n) is 15.4. The van der Waals surface area contributed by atoms with Gasteiger partial charge < -0.3 is 15.5 Å². The average molecular weight is 333 g/mol. The van der Waals surface area contributed by atoms with E-state index < -0.39 is 0 Å². The Labute approximate surface area is 145 Å². The fraction of sp³-hybridized carbons (Fsp3) is 0.706. The first kappa shape index (κ1) is 18.4. The molecule has 1 aliphatic rings. The Kier molecular flexibility index (Phi) is 6.78. The minimum atomic E-state index is 0.0255. The van der Waals surface area contributed by atoms with E-state index >= 15 is 0 Å². The molecule has 0 unspecified atom stereocenters. The molecule has 0 spiro atoms. The molecule has 0 bridgehead atoms. The second kappa shape index (κ2) is 8.82. The number of hydrogen-bond donors (Lipinski definition) is 2. The van der Waals surface area contributed by atoms with Gasteiger partial charge in [0, 0.05) is 57.7 Å². The van der Waals surface area contributed by atoms with Crippen molar-refractivity contribution in [3.63, 3.8) is 0 Å². The van der Waals surface area contributed by atoms with Crippen LogP contribution in [0.4, 0.5) is 5.95 Å². The van der Waals surface area contributed by atoms with Gasteiger partial charge in [0.25, 0.3) is 0 Å². The molecule has 1 aromatic heterocycles. The van der Waals surface area contributed by atoms with E-state index in [1.165, 1.54) is 0 Å². The van der Waals surface area contributed by atoms with Crippen molar-refractivity contribution in [2.45, 2.75) is 32.7 Å². The van der Waals surface area contributed by atoms with Crippen molar-refractivity contribution in [1.29, 1.82) is 0 Å². The van der Waals surface area contributed by atoms with Crippen LogP contribution in [0, 0.1) is 0 Å². The SMILES string of the molecule is CN=C(NCCCN1CCN(c2ncccn2)CC1)NC(C)(C)C. The molecule has 0 amide bonds. The van der Waals surface area contributed by atoms with Gasteiger partial charge in [-0.1, -0.05) is 0 Å². The Morgan fingerprint density at radius 2 is 1.83 bits per heavy atom. The lowest BCUT2D eigenvalue weighted by Gasteiger charge is -2.34. The summed E-state index contributed by atoms with van der Waals surface area (Å²) >= 11 is 0. The van der Waals surface area contributed by atoms with Crippen LogP contribution >= 0.6 is 0 Å². The highest BCUT2D eigenvalue weighted by Gasteiger charge is 2.18. The molecule has 1 aromatic rings. The smallest absolute Gasteiger partial charge is 0.225 e. The van der Waals surface area contributed by atoms with Gasteiger partial charge in [0.05, 0.1) is 0 Å². The van der Waals surface area contributed by atoms with Crippen LogP contribution in [0.5, 0.6) is 0 Å². The summed E-state index contributed by atoms with van der Waals surface area (Å²) in [5.74, 6) is 1.71. The topological polar surface area (TPSA) is 68.7 Å². The third-order valence-electron chi connectivity index (χ3n) is 3.87. The summed E-state index contributed by atoms with van der Waals surface area (Å²) in [6.07, 6.45) is 4.71. The predicted molar refractivity (Wildman–Crippen MR) is 99.6 cm³/mol. The van der Waals surface area contributed by atoms with Gasteiger partial charge in [0.2, 0.25) is 5.95 Å². The lowest BCUT2D eigenvalue weighted by molar-refractivity contribution is 0.254. The molecule has 2 N–H and O–H groups in total. The van der Waals surface area contributed by atoms with Gasteiger partial charge in [0.1, 0.15) is 0 Å². The number of nitrogens with zero attached hydrogens (tertiary/aromatic N) is 5. The van der Waals surface area contributed by atoms with Crippen molar-refractivity contribution in [2.75, 3.05) is 51.2 Å². The second-order valence-corrected chi connectivity index (χ2v) is 7.11. The van der Waals surface area contributed by atoms with Crippen LogP contribution in [0.3, 0.4) is 0 Å². The number of piperazine rings is 1. The van der Waals surface area contributed by atoms with Gasteiger partial charge in [-0.3, -0.25) is 9.89 Å². The third-order valence-corrected chi connectivity index (χ3v) is 3.87. The predicted octanol–water partition coefficient (Wildman–Crippen LogP) is 0.952. The molecule has 0 saturated carbocycles. The molecule has 1 saturated heterocycles. The third kappa shape index (κ3) is 6.31. The van der Waals surface area contributed by atoms with E-state index in [4.69, 9.17) is 0 Å². The monoisotopic (exact) mass is 333 g/mol. The highest BCUT2D eigenvalue weighted by molar-refractivity contribution is 5.80. The van der Waals surface area contributed by atoms with E-state index in [9.17, 15) is 0 Å². The lowest BCUT2D eigenvalue weighted by Crippen LogP contribution is -2.49. The van der Waals surface area contributed by atoms with Gasteiger partial charge >= 0.3 is 0 Å². The zero-order chi connectivity index (χ0) is 17.4. The fourth-order valence-corrected chi connectivity index (χ4v) is 2.67. The standard InChI is InChI=1S/C17H31N7/c1-17(2,3)22-15(18-4)19-9-6-10-23-11-13-24(14-12-23)16-20-7-5-8-21-16/h5,7-8H,6,9-14H2,1-4H3,(H2,18,19,22). The largest absolute Gasteiger partial charge is 0.356 e. The molecule has 1 aliphatic heterocycles. The van der Waals surface area contributed by atoms with Crippen molar-refractivity contribution >= 4 is 11.9 Å². The summed E-state index contributed by atoms with van der Waals surface area (Å²) < 4.78 is 0. The zero-order valence-corrected chi connectivity index (χ0v) is 15.4. The second-order valence-electron chi connectivity index (χ2n) is 7.11. The first-order valence-electron chi connectivity index (χ1n) is 8.71.